The molecule has 0 aliphatic heterocycles. The fraction of sp³-hybridized carbons (Fsp3) is 0.500. The summed E-state index contributed by atoms with van der Waals surface area (Å²) >= 11 is 0. The summed E-state index contributed by atoms with van der Waals surface area (Å²) < 4.78 is 36.2. The number of rotatable bonds is 5. The molecule has 0 aliphatic carbocycles. The molecular weight excluding hydrogens is 287 g/mol. The van der Waals surface area contributed by atoms with Crippen LogP contribution < -0.4 is 0 Å². The largest absolute Gasteiger partial charge is 0.409 e. The van der Waals surface area contributed by atoms with Crippen molar-refractivity contribution in [3.8, 4) is 0 Å². The quantitative estimate of drug-likeness (QED) is 0.397. The molecule has 0 N–H and O–H groups in total. The summed E-state index contributed by atoms with van der Waals surface area (Å²) in [6.07, 6.45) is 3.30. The van der Waals surface area contributed by atoms with E-state index in [0.29, 0.717) is 11.3 Å². The number of aliphatic imine (C=N–C) groups is 1. The predicted molar refractivity (Wildman–Crippen MR) is 91.1 cm³/mol. The van der Waals surface area contributed by atoms with Crippen LogP contribution >= 0.6 is 0 Å². The van der Waals surface area contributed by atoms with Gasteiger partial charge in [-0.25, -0.2) is 0 Å². The molecule has 22 heavy (non-hydrogen) atoms. The fourth-order valence-electron chi connectivity index (χ4n) is 1.27. The van der Waals surface area contributed by atoms with E-state index in [9.17, 15) is 13.2 Å². The zero-order valence-corrected chi connectivity index (χ0v) is 14.5. The van der Waals surface area contributed by atoms with Crippen LogP contribution in [0.2, 0.25) is 0 Å². The molecule has 0 atom stereocenters. The summed E-state index contributed by atoms with van der Waals surface area (Å²) in [7, 11) is 0. The average molecular weight is 315 g/mol. The van der Waals surface area contributed by atoms with Crippen LogP contribution in [0.3, 0.4) is 0 Å². The van der Waals surface area contributed by atoms with E-state index >= 15 is 0 Å². The van der Waals surface area contributed by atoms with Crippen molar-refractivity contribution in [3.63, 3.8) is 0 Å². The number of allylic oxidation sites excluding steroid dienone is 6. The normalized spacial score (nSPS) is 14.2. The molecule has 0 saturated carbocycles. The lowest BCUT2D eigenvalue weighted by Crippen LogP contribution is -2.01. The molecule has 1 nitrogen and oxygen atoms in total. The summed E-state index contributed by atoms with van der Waals surface area (Å²) in [5.74, 6) is 0.884. The highest BCUT2D eigenvalue weighted by Crippen LogP contribution is 2.22. The van der Waals surface area contributed by atoms with Gasteiger partial charge in [0.05, 0.1) is 5.70 Å². The Kier molecular flexibility index (Phi) is 12.4. The van der Waals surface area contributed by atoms with Crippen molar-refractivity contribution in [1.29, 1.82) is 0 Å². The third kappa shape index (κ3) is 12.2. The topological polar surface area (TPSA) is 12.4 Å². The van der Waals surface area contributed by atoms with Crippen molar-refractivity contribution in [2.24, 2.45) is 10.9 Å². The van der Waals surface area contributed by atoms with Crippen LogP contribution in [-0.2, 0) is 0 Å². The number of alkyl halides is 3. The molecule has 0 rings (SSSR count). The Morgan fingerprint density at radius 1 is 1.18 bits per heavy atom. The smallest absolute Gasteiger partial charge is 0.264 e. The molecule has 0 spiro atoms. The van der Waals surface area contributed by atoms with E-state index in [0.717, 1.165) is 17.6 Å². The molecule has 0 heterocycles. The lowest BCUT2D eigenvalue weighted by molar-refractivity contribution is -0.0798. The number of halogens is 3. The molecule has 0 bridgehead atoms. The van der Waals surface area contributed by atoms with Gasteiger partial charge in [-0.1, -0.05) is 45.4 Å². The molecule has 4 heteroatoms. The van der Waals surface area contributed by atoms with Gasteiger partial charge in [-0.2, -0.15) is 13.2 Å². The van der Waals surface area contributed by atoms with Gasteiger partial charge in [0.2, 0.25) is 0 Å². The third-order valence-corrected chi connectivity index (χ3v) is 2.80. The van der Waals surface area contributed by atoms with E-state index in [-0.39, 0.29) is 6.08 Å². The zero-order valence-electron chi connectivity index (χ0n) is 14.5. The number of nitrogens with zero attached hydrogens (tertiary/aromatic N) is 1. The Balaban J connectivity index is 0. The van der Waals surface area contributed by atoms with E-state index in [1.54, 1.807) is 32.1 Å². The highest BCUT2D eigenvalue weighted by Gasteiger charge is 2.22. The van der Waals surface area contributed by atoms with Gasteiger partial charge in [-0.05, 0) is 50.6 Å². The summed E-state index contributed by atoms with van der Waals surface area (Å²) in [4.78, 5) is 3.77. The Morgan fingerprint density at radius 3 is 1.95 bits per heavy atom. The molecule has 0 amide bonds. The lowest BCUT2D eigenvalue weighted by Gasteiger charge is -2.06. The molecule has 0 aliphatic rings. The minimum atomic E-state index is -4.32. The van der Waals surface area contributed by atoms with Gasteiger partial charge < -0.3 is 0 Å². The second-order valence-electron chi connectivity index (χ2n) is 5.11. The van der Waals surface area contributed by atoms with Crippen LogP contribution in [-0.4, -0.2) is 12.9 Å². The molecule has 126 valence electrons. The van der Waals surface area contributed by atoms with Crippen molar-refractivity contribution >= 4 is 6.72 Å². The Bertz CT molecular complexity index is 436. The van der Waals surface area contributed by atoms with Crippen molar-refractivity contribution in [1.82, 2.24) is 0 Å². The minimum Gasteiger partial charge on any atom is -0.264 e. The highest BCUT2D eigenvalue weighted by atomic mass is 19.4. The summed E-state index contributed by atoms with van der Waals surface area (Å²) in [6, 6.07) is 0. The van der Waals surface area contributed by atoms with E-state index in [2.05, 4.69) is 32.5 Å². The van der Waals surface area contributed by atoms with Crippen molar-refractivity contribution in [2.45, 2.75) is 54.1 Å². The fourth-order valence-corrected chi connectivity index (χ4v) is 1.27. The van der Waals surface area contributed by atoms with Gasteiger partial charge in [0.25, 0.3) is 0 Å². The highest BCUT2D eigenvalue weighted by molar-refractivity contribution is 5.48. The Labute approximate surface area is 133 Å². The van der Waals surface area contributed by atoms with Gasteiger partial charge in [-0.15, -0.1) is 0 Å². The van der Waals surface area contributed by atoms with Crippen molar-refractivity contribution < 1.29 is 13.2 Å². The first kappa shape index (κ1) is 22.7. The molecule has 0 aromatic carbocycles. The maximum Gasteiger partial charge on any atom is 0.409 e. The standard InChI is InChI=1S/C13H16F3N.C5H12/c1-5-7-10(3)12(17-4)11(6-2)8-9-13(14,15)16;1-4-5(2)3/h5-9H,4H2,1-3H3;5H,4H2,1-3H3/b7-5+,9-8+,11-6+,12-10-;. The van der Waals surface area contributed by atoms with Gasteiger partial charge in [0.15, 0.2) is 0 Å². The molecule has 0 unspecified atom stereocenters. The van der Waals surface area contributed by atoms with Crippen LogP contribution in [0.5, 0.6) is 0 Å². The van der Waals surface area contributed by atoms with Crippen LogP contribution in [0.15, 0.2) is 52.2 Å². The monoisotopic (exact) mass is 315 g/mol. The first-order valence-corrected chi connectivity index (χ1v) is 7.35. The molecule has 0 aromatic rings. The van der Waals surface area contributed by atoms with E-state index in [1.807, 2.05) is 6.92 Å². The Hall–Kier alpha value is -1.58. The average Bonchev–Trinajstić information content (AvgIpc) is 2.43. The maximum absolute atomic E-state index is 12.1. The summed E-state index contributed by atoms with van der Waals surface area (Å²) in [6.45, 7) is 15.3. The van der Waals surface area contributed by atoms with Crippen LogP contribution in [0.4, 0.5) is 13.2 Å². The minimum absolute atomic E-state index is 0.191. The van der Waals surface area contributed by atoms with Gasteiger partial charge in [0, 0.05) is 6.08 Å². The van der Waals surface area contributed by atoms with E-state index in [1.165, 1.54) is 6.42 Å². The Morgan fingerprint density at radius 2 is 1.68 bits per heavy atom. The van der Waals surface area contributed by atoms with Gasteiger partial charge in [0.1, 0.15) is 0 Å². The SMILES string of the molecule is C=NC(=C(C)\C=C\C)/C(/C=C/C(F)(F)F)=C/C.CCC(C)C. The van der Waals surface area contributed by atoms with Gasteiger partial charge in [-0.3, -0.25) is 4.99 Å². The second-order valence-corrected chi connectivity index (χ2v) is 5.11. The lowest BCUT2D eigenvalue weighted by atomic mass is 10.1. The van der Waals surface area contributed by atoms with Crippen LogP contribution in [0.25, 0.3) is 0 Å². The zero-order chi connectivity index (χ0) is 17.8. The molecular formula is C18H28F3N. The maximum atomic E-state index is 12.1. The van der Waals surface area contributed by atoms with Crippen LogP contribution in [0, 0.1) is 5.92 Å². The molecule has 0 radical (unpaired) electrons. The predicted octanol–water partition coefficient (Wildman–Crippen LogP) is 6.65. The second kappa shape index (κ2) is 12.0. The van der Waals surface area contributed by atoms with Crippen molar-refractivity contribution in [2.75, 3.05) is 0 Å². The third-order valence-electron chi connectivity index (χ3n) is 2.80. The first-order chi connectivity index (χ1) is 10.1. The van der Waals surface area contributed by atoms with E-state index < -0.39 is 6.18 Å². The number of hydrogen-bond donors (Lipinski definition) is 0. The van der Waals surface area contributed by atoms with Gasteiger partial charge >= 0.3 is 6.18 Å². The number of hydrogen-bond acceptors (Lipinski definition) is 1. The first-order valence-electron chi connectivity index (χ1n) is 7.35. The molecule has 0 aromatic heterocycles. The van der Waals surface area contributed by atoms with E-state index in [4.69, 9.17) is 0 Å². The molecule has 0 fully saturated rings. The summed E-state index contributed by atoms with van der Waals surface area (Å²) in [5, 5.41) is 0. The van der Waals surface area contributed by atoms with Crippen LogP contribution in [0.1, 0.15) is 48.0 Å². The van der Waals surface area contributed by atoms with Crippen molar-refractivity contribution in [3.05, 3.63) is 47.2 Å². The summed E-state index contributed by atoms with van der Waals surface area (Å²) in [5.41, 5.74) is 1.61. The molecule has 0 saturated heterocycles.